The van der Waals surface area contributed by atoms with Gasteiger partial charge in [-0.25, -0.2) is 0 Å². The van der Waals surface area contributed by atoms with Crippen molar-refractivity contribution >= 4 is 39.1 Å². The van der Waals surface area contributed by atoms with E-state index in [2.05, 4.69) is 26.2 Å². The van der Waals surface area contributed by atoms with E-state index >= 15 is 0 Å². The highest BCUT2D eigenvalue weighted by Gasteiger charge is 2.09. The van der Waals surface area contributed by atoms with Gasteiger partial charge in [0.2, 0.25) is 0 Å². The highest BCUT2D eigenvalue weighted by Crippen LogP contribution is 2.20. The number of halogens is 2. The summed E-state index contributed by atoms with van der Waals surface area (Å²) in [5.41, 5.74) is 1.27. The van der Waals surface area contributed by atoms with E-state index in [9.17, 15) is 4.79 Å². The lowest BCUT2D eigenvalue weighted by atomic mass is 10.2. The third-order valence-corrected chi connectivity index (χ3v) is 3.02. The van der Waals surface area contributed by atoms with Crippen molar-refractivity contribution in [2.45, 2.75) is 0 Å². The van der Waals surface area contributed by atoms with Gasteiger partial charge in [0.25, 0.3) is 5.91 Å². The summed E-state index contributed by atoms with van der Waals surface area (Å²) >= 11 is 9.05. The van der Waals surface area contributed by atoms with Crippen LogP contribution in [0.4, 0.5) is 5.69 Å². The molecule has 0 spiro atoms. The largest absolute Gasteiger partial charge is 0.356 e. The Kier molecular flexibility index (Phi) is 3.70. The minimum Gasteiger partial charge on any atom is -0.356 e. The molecule has 0 aliphatic carbocycles. The van der Waals surface area contributed by atoms with Crippen LogP contribution in [-0.4, -0.2) is 10.9 Å². The first kappa shape index (κ1) is 12.7. The van der Waals surface area contributed by atoms with Crippen LogP contribution in [0.5, 0.6) is 0 Å². The van der Waals surface area contributed by atoms with Crippen LogP contribution in [0.2, 0.25) is 5.02 Å². The number of carbonyl (C=O) groups is 1. The molecule has 0 aliphatic heterocycles. The van der Waals surface area contributed by atoms with E-state index in [1.807, 2.05) is 6.07 Å². The zero-order chi connectivity index (χ0) is 13.1. The third-order valence-electron chi connectivity index (χ3n) is 2.24. The van der Waals surface area contributed by atoms with Crippen molar-refractivity contribution in [2.24, 2.45) is 0 Å². The van der Waals surface area contributed by atoms with Crippen LogP contribution in [0.25, 0.3) is 0 Å². The predicted octanol–water partition coefficient (Wildman–Crippen LogP) is 3.55. The maximum atomic E-state index is 11.8. The van der Waals surface area contributed by atoms with Crippen LogP contribution in [0.15, 0.2) is 34.9 Å². The Morgan fingerprint density at radius 2 is 2.22 bits per heavy atom. The Labute approximate surface area is 117 Å². The highest BCUT2D eigenvalue weighted by molar-refractivity contribution is 9.10. The molecule has 1 aromatic heterocycles. The van der Waals surface area contributed by atoms with Crippen molar-refractivity contribution in [2.75, 3.05) is 5.32 Å². The number of nitrogens with zero attached hydrogens (tertiary/aromatic N) is 1. The molecular formula is C12H7BrClN3O. The normalized spacial score (nSPS) is 9.83. The molecule has 2 aromatic rings. The number of carbonyl (C=O) groups excluding carboxylic acids is 1. The lowest BCUT2D eigenvalue weighted by Crippen LogP contribution is -2.12. The van der Waals surface area contributed by atoms with E-state index in [0.29, 0.717) is 22.0 Å². The number of benzene rings is 1. The molecule has 18 heavy (non-hydrogen) atoms. The van der Waals surface area contributed by atoms with Gasteiger partial charge >= 0.3 is 0 Å². The molecule has 6 heteroatoms. The van der Waals surface area contributed by atoms with E-state index in [1.54, 1.807) is 24.4 Å². The fourth-order valence-electron chi connectivity index (χ4n) is 1.39. The maximum Gasteiger partial charge on any atom is 0.272 e. The molecule has 2 rings (SSSR count). The summed E-state index contributed by atoms with van der Waals surface area (Å²) in [6.07, 6.45) is 1.66. The first-order valence-electron chi connectivity index (χ1n) is 4.95. The molecule has 1 amide bonds. The predicted molar refractivity (Wildman–Crippen MR) is 72.6 cm³/mol. The molecule has 2 N–H and O–H groups in total. The lowest BCUT2D eigenvalue weighted by molar-refractivity contribution is 0.102. The van der Waals surface area contributed by atoms with Gasteiger partial charge in [-0.2, -0.15) is 5.26 Å². The van der Waals surface area contributed by atoms with E-state index in [4.69, 9.17) is 16.9 Å². The van der Waals surface area contributed by atoms with Crippen molar-refractivity contribution in [1.82, 2.24) is 4.98 Å². The molecule has 90 valence electrons. The highest BCUT2D eigenvalue weighted by atomic mass is 79.9. The Bertz CT molecular complexity index is 645. The number of anilines is 1. The Morgan fingerprint density at radius 3 is 2.83 bits per heavy atom. The number of aromatic amines is 1. The maximum absolute atomic E-state index is 11.8. The van der Waals surface area contributed by atoms with Crippen LogP contribution in [0.3, 0.4) is 0 Å². The van der Waals surface area contributed by atoms with E-state index in [1.165, 1.54) is 6.07 Å². The van der Waals surface area contributed by atoms with Gasteiger partial charge in [0, 0.05) is 16.4 Å². The second kappa shape index (κ2) is 5.25. The summed E-state index contributed by atoms with van der Waals surface area (Å²) in [5, 5.41) is 11.9. The summed E-state index contributed by atoms with van der Waals surface area (Å²) in [6, 6.07) is 8.35. The number of aromatic nitrogens is 1. The molecule has 0 aliphatic rings. The van der Waals surface area contributed by atoms with Gasteiger partial charge in [0.05, 0.1) is 10.6 Å². The zero-order valence-electron chi connectivity index (χ0n) is 9.00. The van der Waals surface area contributed by atoms with Crippen molar-refractivity contribution in [3.05, 3.63) is 51.2 Å². The molecule has 0 radical (unpaired) electrons. The SMILES string of the molecule is N#Cc1cc(NC(=O)c2cc(Br)c[nH]2)ccc1Cl. The minimum atomic E-state index is -0.285. The lowest BCUT2D eigenvalue weighted by Gasteiger charge is -2.04. The van der Waals surface area contributed by atoms with Gasteiger partial charge in [0.15, 0.2) is 0 Å². The summed E-state index contributed by atoms with van der Waals surface area (Å²) < 4.78 is 0.793. The molecule has 4 nitrogen and oxygen atoms in total. The first-order valence-corrected chi connectivity index (χ1v) is 6.12. The van der Waals surface area contributed by atoms with Gasteiger partial charge in [-0.15, -0.1) is 0 Å². The van der Waals surface area contributed by atoms with Crippen LogP contribution in [0.1, 0.15) is 16.1 Å². The summed E-state index contributed by atoms with van der Waals surface area (Å²) in [4.78, 5) is 14.6. The molecule has 0 unspecified atom stereocenters. The van der Waals surface area contributed by atoms with Crippen LogP contribution < -0.4 is 5.32 Å². The van der Waals surface area contributed by atoms with Crippen molar-refractivity contribution < 1.29 is 4.79 Å². The molecule has 0 atom stereocenters. The molecule has 0 bridgehead atoms. The standard InChI is InChI=1S/C12H7BrClN3O/c13-8-4-11(16-6-8)12(18)17-9-1-2-10(14)7(3-9)5-15/h1-4,6,16H,(H,17,18). The minimum absolute atomic E-state index is 0.285. The smallest absolute Gasteiger partial charge is 0.272 e. The topological polar surface area (TPSA) is 68.7 Å². The molecule has 0 saturated carbocycles. The monoisotopic (exact) mass is 323 g/mol. The van der Waals surface area contributed by atoms with Crippen LogP contribution >= 0.6 is 27.5 Å². The summed E-state index contributed by atoms with van der Waals surface area (Å²) in [7, 11) is 0. The van der Waals surface area contributed by atoms with Crippen molar-refractivity contribution in [3.63, 3.8) is 0 Å². The summed E-state index contributed by atoms with van der Waals surface area (Å²) in [6.45, 7) is 0. The number of hydrogen-bond acceptors (Lipinski definition) is 2. The first-order chi connectivity index (χ1) is 8.60. The number of rotatable bonds is 2. The molecular weight excluding hydrogens is 318 g/mol. The van der Waals surface area contributed by atoms with E-state index < -0.39 is 0 Å². The van der Waals surface area contributed by atoms with Crippen LogP contribution in [-0.2, 0) is 0 Å². The Hall–Kier alpha value is -1.77. The number of nitrogens with one attached hydrogen (secondary N) is 2. The van der Waals surface area contributed by atoms with Gasteiger partial charge in [-0.1, -0.05) is 11.6 Å². The van der Waals surface area contributed by atoms with Gasteiger partial charge in [-0.3, -0.25) is 4.79 Å². The third kappa shape index (κ3) is 2.73. The molecule has 1 heterocycles. The van der Waals surface area contributed by atoms with E-state index in [0.717, 1.165) is 4.47 Å². The van der Waals surface area contributed by atoms with Crippen molar-refractivity contribution in [3.8, 4) is 6.07 Å². The fraction of sp³-hybridized carbons (Fsp3) is 0. The van der Waals surface area contributed by atoms with Crippen LogP contribution in [0, 0.1) is 11.3 Å². The number of nitriles is 1. The summed E-state index contributed by atoms with van der Waals surface area (Å²) in [5.74, 6) is -0.285. The number of amides is 1. The van der Waals surface area contributed by atoms with Gasteiger partial charge in [-0.05, 0) is 40.2 Å². The Morgan fingerprint density at radius 1 is 1.44 bits per heavy atom. The number of H-pyrrole nitrogens is 1. The molecule has 0 fully saturated rings. The van der Waals surface area contributed by atoms with Gasteiger partial charge < -0.3 is 10.3 Å². The number of hydrogen-bond donors (Lipinski definition) is 2. The fourth-order valence-corrected chi connectivity index (χ4v) is 1.89. The van der Waals surface area contributed by atoms with Crippen molar-refractivity contribution in [1.29, 1.82) is 5.26 Å². The Balaban J connectivity index is 2.20. The average Bonchev–Trinajstić information content (AvgIpc) is 2.78. The molecule has 1 aromatic carbocycles. The average molecular weight is 325 g/mol. The second-order valence-corrected chi connectivity index (χ2v) is 4.82. The quantitative estimate of drug-likeness (QED) is 0.887. The molecule has 0 saturated heterocycles. The second-order valence-electron chi connectivity index (χ2n) is 3.49. The van der Waals surface area contributed by atoms with Gasteiger partial charge in [0.1, 0.15) is 11.8 Å². The zero-order valence-corrected chi connectivity index (χ0v) is 11.3. The van der Waals surface area contributed by atoms with E-state index in [-0.39, 0.29) is 5.91 Å².